The van der Waals surface area contributed by atoms with Gasteiger partial charge in [0.15, 0.2) is 23.4 Å². The quantitative estimate of drug-likeness (QED) is 0.302. The summed E-state index contributed by atoms with van der Waals surface area (Å²) in [6.07, 6.45) is -4.43. The Morgan fingerprint density at radius 2 is 1.62 bits per heavy atom. The van der Waals surface area contributed by atoms with Crippen LogP contribution < -0.4 is 16.0 Å². The van der Waals surface area contributed by atoms with E-state index >= 15 is 0 Å². The third kappa shape index (κ3) is 6.13. The van der Waals surface area contributed by atoms with E-state index in [0.29, 0.717) is 11.6 Å². The van der Waals surface area contributed by atoms with Crippen LogP contribution in [0.3, 0.4) is 0 Å². The number of benzene rings is 2. The van der Waals surface area contributed by atoms with Crippen molar-refractivity contribution in [3.8, 4) is 0 Å². The molecule has 0 spiro atoms. The fourth-order valence-electron chi connectivity index (χ4n) is 2.20. The first kappa shape index (κ1) is 22.1. The summed E-state index contributed by atoms with van der Waals surface area (Å²) in [6.45, 7) is -0.262. The van der Waals surface area contributed by atoms with Gasteiger partial charge in [0, 0.05) is 13.6 Å². The first-order valence-electron chi connectivity index (χ1n) is 8.16. The van der Waals surface area contributed by atoms with Crippen LogP contribution in [0.2, 0.25) is 0 Å². The molecule has 2 rings (SSSR count). The number of nitrogens with one attached hydrogen (secondary N) is 3. The van der Waals surface area contributed by atoms with Crippen molar-refractivity contribution >= 4 is 17.6 Å². The third-order valence-corrected chi connectivity index (χ3v) is 3.69. The molecule has 3 N–H and O–H groups in total. The smallest absolute Gasteiger partial charge is 0.352 e. The number of guanidine groups is 1. The molecule has 0 aliphatic rings. The number of halogens is 6. The number of hydrogen-bond donors (Lipinski definition) is 3. The largest absolute Gasteiger partial charge is 0.416 e. The Labute approximate surface area is 161 Å². The van der Waals surface area contributed by atoms with Crippen LogP contribution in [0.4, 0.5) is 32.0 Å². The number of nitrogens with zero attached hydrogens (tertiary/aromatic N) is 1. The molecular formula is C18H16F6N4O. The van der Waals surface area contributed by atoms with E-state index in [1.54, 1.807) is 0 Å². The molecule has 0 heterocycles. The predicted octanol–water partition coefficient (Wildman–Crippen LogP) is 3.43. The van der Waals surface area contributed by atoms with Gasteiger partial charge in [0.25, 0.3) is 0 Å². The lowest BCUT2D eigenvalue weighted by molar-refractivity contribution is -0.137. The van der Waals surface area contributed by atoms with Crippen molar-refractivity contribution in [2.75, 3.05) is 18.9 Å². The topological polar surface area (TPSA) is 65.5 Å². The van der Waals surface area contributed by atoms with Gasteiger partial charge in [-0.25, -0.2) is 13.2 Å². The molecule has 2 aromatic carbocycles. The van der Waals surface area contributed by atoms with E-state index in [0.717, 1.165) is 18.2 Å². The molecule has 0 radical (unpaired) electrons. The van der Waals surface area contributed by atoms with Crippen LogP contribution in [0, 0.1) is 17.5 Å². The van der Waals surface area contributed by atoms with Crippen LogP contribution in [-0.2, 0) is 17.5 Å². The van der Waals surface area contributed by atoms with Gasteiger partial charge in [-0.05, 0) is 29.8 Å². The van der Waals surface area contributed by atoms with Gasteiger partial charge in [0.2, 0.25) is 5.91 Å². The van der Waals surface area contributed by atoms with Gasteiger partial charge in [-0.1, -0.05) is 12.1 Å². The lowest BCUT2D eigenvalue weighted by atomic mass is 10.1. The van der Waals surface area contributed by atoms with Gasteiger partial charge < -0.3 is 16.0 Å². The highest BCUT2D eigenvalue weighted by molar-refractivity contribution is 5.95. The van der Waals surface area contributed by atoms with Gasteiger partial charge in [0.05, 0.1) is 17.8 Å². The molecule has 11 heteroatoms. The first-order chi connectivity index (χ1) is 13.6. The summed E-state index contributed by atoms with van der Waals surface area (Å²) in [4.78, 5) is 15.7. The molecule has 5 nitrogen and oxygen atoms in total. The summed E-state index contributed by atoms with van der Waals surface area (Å²) in [6, 6.07) is 6.02. The normalized spacial score (nSPS) is 11.9. The number of carbonyl (C=O) groups excluding carboxylic acids is 1. The molecule has 0 unspecified atom stereocenters. The maximum atomic E-state index is 13.5. The van der Waals surface area contributed by atoms with E-state index in [1.165, 1.54) is 19.2 Å². The monoisotopic (exact) mass is 418 g/mol. The average Bonchev–Trinajstić information content (AvgIpc) is 2.68. The number of anilines is 1. The fraction of sp³-hybridized carbons (Fsp3) is 0.222. The average molecular weight is 418 g/mol. The lowest BCUT2D eigenvalue weighted by Crippen LogP contribution is -2.41. The predicted molar refractivity (Wildman–Crippen MR) is 94.6 cm³/mol. The number of hydrogen-bond acceptors (Lipinski definition) is 2. The van der Waals surface area contributed by atoms with Crippen molar-refractivity contribution in [1.29, 1.82) is 0 Å². The zero-order valence-electron chi connectivity index (χ0n) is 15.0. The molecule has 0 bridgehead atoms. The minimum absolute atomic E-state index is 0.122. The molecule has 0 saturated carbocycles. The van der Waals surface area contributed by atoms with E-state index in [4.69, 9.17) is 0 Å². The maximum absolute atomic E-state index is 13.5. The van der Waals surface area contributed by atoms with Crippen molar-refractivity contribution in [2.24, 2.45) is 4.99 Å². The zero-order valence-corrected chi connectivity index (χ0v) is 15.0. The fourth-order valence-corrected chi connectivity index (χ4v) is 2.20. The minimum Gasteiger partial charge on any atom is -0.352 e. The van der Waals surface area contributed by atoms with Crippen LogP contribution in [0.25, 0.3) is 0 Å². The summed E-state index contributed by atoms with van der Waals surface area (Å²) in [5, 5.41) is 7.46. The van der Waals surface area contributed by atoms with Crippen LogP contribution >= 0.6 is 0 Å². The van der Waals surface area contributed by atoms with E-state index in [2.05, 4.69) is 20.9 Å². The van der Waals surface area contributed by atoms with Crippen LogP contribution in [0.1, 0.15) is 11.1 Å². The highest BCUT2D eigenvalue weighted by Gasteiger charge is 2.29. The summed E-state index contributed by atoms with van der Waals surface area (Å²) < 4.78 is 77.2. The van der Waals surface area contributed by atoms with Crippen LogP contribution in [0.15, 0.2) is 41.4 Å². The highest BCUT2D eigenvalue weighted by atomic mass is 19.4. The maximum Gasteiger partial charge on any atom is 0.416 e. The summed E-state index contributed by atoms with van der Waals surface area (Å²) in [7, 11) is 1.40. The Hall–Kier alpha value is -3.24. The molecule has 0 aromatic heterocycles. The molecule has 2 aromatic rings. The SMILES string of the molecule is CN=C(NCC(=O)Nc1ccc(F)c(F)c1F)NCc1ccc(C(F)(F)F)cc1. The molecular weight excluding hydrogens is 402 g/mol. The van der Waals surface area contributed by atoms with Crippen molar-refractivity contribution in [3.05, 3.63) is 65.0 Å². The van der Waals surface area contributed by atoms with Gasteiger partial charge in [-0.3, -0.25) is 9.79 Å². The number of alkyl halides is 3. The summed E-state index contributed by atoms with van der Waals surface area (Å²) >= 11 is 0. The second kappa shape index (κ2) is 9.30. The number of aliphatic imine (C=N–C) groups is 1. The van der Waals surface area contributed by atoms with Gasteiger partial charge in [-0.2, -0.15) is 13.2 Å². The molecule has 0 saturated heterocycles. The molecule has 0 atom stereocenters. The third-order valence-electron chi connectivity index (χ3n) is 3.69. The Kier molecular flexibility index (Phi) is 7.08. The van der Waals surface area contributed by atoms with Crippen molar-refractivity contribution in [3.63, 3.8) is 0 Å². The Balaban J connectivity index is 1.86. The van der Waals surface area contributed by atoms with Gasteiger partial charge in [0.1, 0.15) is 0 Å². The standard InChI is InChI=1S/C18H16F6N4O/c1-25-17(26-8-10-2-4-11(5-3-10)18(22,23)24)27-9-14(29)28-13-7-6-12(19)15(20)16(13)21/h2-7H,8-9H2,1H3,(H,28,29)(H2,25,26,27). The minimum atomic E-state index is -4.43. The Morgan fingerprint density at radius 3 is 2.21 bits per heavy atom. The molecule has 156 valence electrons. The first-order valence-corrected chi connectivity index (χ1v) is 8.16. The summed E-state index contributed by atoms with van der Waals surface area (Å²) in [5.41, 5.74) is -0.762. The van der Waals surface area contributed by atoms with E-state index in [1.807, 2.05) is 0 Å². The molecule has 0 aliphatic heterocycles. The number of amides is 1. The van der Waals surface area contributed by atoms with Crippen molar-refractivity contribution in [2.45, 2.75) is 12.7 Å². The van der Waals surface area contributed by atoms with Crippen LogP contribution in [0.5, 0.6) is 0 Å². The van der Waals surface area contributed by atoms with E-state index in [9.17, 15) is 31.1 Å². The summed E-state index contributed by atoms with van der Waals surface area (Å²) in [5.74, 6) is -5.22. The second-order valence-corrected chi connectivity index (χ2v) is 5.75. The van der Waals surface area contributed by atoms with Gasteiger partial charge >= 0.3 is 6.18 Å². The van der Waals surface area contributed by atoms with Gasteiger partial charge in [-0.15, -0.1) is 0 Å². The lowest BCUT2D eigenvalue weighted by Gasteiger charge is -2.13. The number of carbonyl (C=O) groups is 1. The second-order valence-electron chi connectivity index (χ2n) is 5.75. The Bertz CT molecular complexity index is 896. The molecule has 0 aliphatic carbocycles. The van der Waals surface area contributed by atoms with E-state index in [-0.39, 0.29) is 19.0 Å². The highest BCUT2D eigenvalue weighted by Crippen LogP contribution is 2.29. The van der Waals surface area contributed by atoms with Crippen molar-refractivity contribution < 1.29 is 31.1 Å². The molecule has 0 fully saturated rings. The van der Waals surface area contributed by atoms with Crippen molar-refractivity contribution in [1.82, 2.24) is 10.6 Å². The molecule has 29 heavy (non-hydrogen) atoms. The van der Waals surface area contributed by atoms with Crippen LogP contribution in [-0.4, -0.2) is 25.5 Å². The zero-order chi connectivity index (χ0) is 21.6. The number of rotatable bonds is 5. The molecule has 1 amide bonds. The van der Waals surface area contributed by atoms with E-state index < -0.39 is 40.8 Å². The Morgan fingerprint density at radius 1 is 0.966 bits per heavy atom.